The van der Waals surface area contributed by atoms with Crippen molar-refractivity contribution in [1.82, 2.24) is 4.90 Å². The number of hydrogen-bond acceptors (Lipinski definition) is 3. The Morgan fingerprint density at radius 3 is 2.95 bits per heavy atom. The van der Waals surface area contributed by atoms with E-state index in [-0.39, 0.29) is 24.1 Å². The lowest BCUT2D eigenvalue weighted by Crippen LogP contribution is -2.37. The molecule has 0 spiro atoms. The molecule has 102 valence electrons. The summed E-state index contributed by atoms with van der Waals surface area (Å²) in [4.78, 5) is 25.2. The average molecular weight is 262 g/mol. The normalized spacial score (nSPS) is 16.0. The van der Waals surface area contributed by atoms with Crippen LogP contribution in [0.3, 0.4) is 0 Å². The number of phenols is 1. The lowest BCUT2D eigenvalue weighted by atomic mass is 10.2. The van der Waals surface area contributed by atoms with Gasteiger partial charge >= 0.3 is 0 Å². The van der Waals surface area contributed by atoms with Gasteiger partial charge in [0.2, 0.25) is 11.8 Å². The molecule has 0 atom stereocenters. The van der Waals surface area contributed by atoms with Gasteiger partial charge < -0.3 is 15.3 Å². The zero-order valence-corrected chi connectivity index (χ0v) is 10.8. The summed E-state index contributed by atoms with van der Waals surface area (Å²) in [5.41, 5.74) is 0.535. The molecule has 0 saturated carbocycles. The molecule has 1 saturated heterocycles. The second-order valence-corrected chi connectivity index (χ2v) is 4.72. The van der Waals surface area contributed by atoms with E-state index in [2.05, 4.69) is 5.32 Å². The van der Waals surface area contributed by atoms with E-state index >= 15 is 0 Å². The van der Waals surface area contributed by atoms with Gasteiger partial charge in [0.05, 0.1) is 6.54 Å². The molecule has 2 rings (SSSR count). The summed E-state index contributed by atoms with van der Waals surface area (Å²) in [6.07, 6.45) is 3.42. The number of carbonyl (C=O) groups excluding carboxylic acids is 2. The fourth-order valence-corrected chi connectivity index (χ4v) is 2.16. The summed E-state index contributed by atoms with van der Waals surface area (Å²) >= 11 is 0. The zero-order chi connectivity index (χ0) is 13.7. The first-order valence-electron chi connectivity index (χ1n) is 6.52. The number of rotatable bonds is 3. The van der Waals surface area contributed by atoms with Crippen molar-refractivity contribution >= 4 is 17.5 Å². The number of hydrogen-bond donors (Lipinski definition) is 2. The van der Waals surface area contributed by atoms with E-state index in [1.807, 2.05) is 0 Å². The molecule has 0 aromatic heterocycles. The minimum Gasteiger partial charge on any atom is -0.508 e. The van der Waals surface area contributed by atoms with Crippen LogP contribution in [0, 0.1) is 0 Å². The van der Waals surface area contributed by atoms with Crippen molar-refractivity contribution in [1.29, 1.82) is 0 Å². The zero-order valence-electron chi connectivity index (χ0n) is 10.8. The van der Waals surface area contributed by atoms with E-state index in [1.54, 1.807) is 17.0 Å². The fraction of sp³-hybridized carbons (Fsp3) is 0.429. The van der Waals surface area contributed by atoms with Crippen LogP contribution in [0.15, 0.2) is 24.3 Å². The lowest BCUT2D eigenvalue weighted by molar-refractivity contribution is -0.134. The maximum Gasteiger partial charge on any atom is 0.243 e. The maximum atomic E-state index is 11.9. The molecule has 1 aliphatic heterocycles. The predicted molar refractivity (Wildman–Crippen MR) is 71.8 cm³/mol. The Morgan fingerprint density at radius 1 is 1.32 bits per heavy atom. The van der Waals surface area contributed by atoms with Crippen LogP contribution in [0.1, 0.15) is 25.7 Å². The molecular weight excluding hydrogens is 244 g/mol. The summed E-state index contributed by atoms with van der Waals surface area (Å²) in [7, 11) is 0. The first-order valence-corrected chi connectivity index (χ1v) is 6.52. The van der Waals surface area contributed by atoms with E-state index < -0.39 is 0 Å². The standard InChI is InChI=1S/C14H18N2O3/c17-12-6-4-5-11(9-12)15-13(18)10-16-8-3-1-2-7-14(16)19/h4-6,9,17H,1-3,7-8,10H2,(H,15,18). The molecule has 0 aliphatic carbocycles. The largest absolute Gasteiger partial charge is 0.508 e. The van der Waals surface area contributed by atoms with E-state index in [1.165, 1.54) is 12.1 Å². The number of nitrogens with zero attached hydrogens (tertiary/aromatic N) is 1. The van der Waals surface area contributed by atoms with Crippen molar-refractivity contribution in [2.24, 2.45) is 0 Å². The van der Waals surface area contributed by atoms with Crippen molar-refractivity contribution in [3.05, 3.63) is 24.3 Å². The third kappa shape index (κ3) is 3.98. The predicted octanol–water partition coefficient (Wildman–Crippen LogP) is 1.73. The number of phenolic OH excluding ortho intramolecular Hbond substituents is 1. The molecule has 1 heterocycles. The molecule has 0 radical (unpaired) electrons. The van der Waals surface area contributed by atoms with Gasteiger partial charge in [0.25, 0.3) is 0 Å². The van der Waals surface area contributed by atoms with Gasteiger partial charge in [-0.05, 0) is 25.0 Å². The van der Waals surface area contributed by atoms with Crippen LogP contribution < -0.4 is 5.32 Å². The smallest absolute Gasteiger partial charge is 0.243 e. The van der Waals surface area contributed by atoms with E-state index in [9.17, 15) is 14.7 Å². The highest BCUT2D eigenvalue weighted by Gasteiger charge is 2.19. The van der Waals surface area contributed by atoms with Crippen molar-refractivity contribution in [3.63, 3.8) is 0 Å². The third-order valence-electron chi connectivity index (χ3n) is 3.14. The van der Waals surface area contributed by atoms with Crippen molar-refractivity contribution in [2.75, 3.05) is 18.4 Å². The van der Waals surface area contributed by atoms with E-state index in [0.717, 1.165) is 19.3 Å². The number of carbonyl (C=O) groups is 2. The van der Waals surface area contributed by atoms with Gasteiger partial charge in [-0.3, -0.25) is 9.59 Å². The summed E-state index contributed by atoms with van der Waals surface area (Å²) in [6, 6.07) is 6.36. The van der Waals surface area contributed by atoms with Crippen molar-refractivity contribution in [2.45, 2.75) is 25.7 Å². The van der Waals surface area contributed by atoms with Gasteiger partial charge in [-0.15, -0.1) is 0 Å². The lowest BCUT2D eigenvalue weighted by Gasteiger charge is -2.19. The number of nitrogens with one attached hydrogen (secondary N) is 1. The Hall–Kier alpha value is -2.04. The molecule has 1 fully saturated rings. The molecule has 0 unspecified atom stereocenters. The molecule has 1 aromatic rings. The maximum absolute atomic E-state index is 11.9. The van der Waals surface area contributed by atoms with E-state index in [4.69, 9.17) is 0 Å². The topological polar surface area (TPSA) is 69.6 Å². The first-order chi connectivity index (χ1) is 9.15. The highest BCUT2D eigenvalue weighted by molar-refractivity contribution is 5.94. The molecule has 5 heteroatoms. The molecule has 19 heavy (non-hydrogen) atoms. The number of anilines is 1. The Kier molecular flexibility index (Phi) is 4.39. The minimum atomic E-state index is -0.235. The van der Waals surface area contributed by atoms with Crippen molar-refractivity contribution < 1.29 is 14.7 Å². The Labute approximate surface area is 112 Å². The average Bonchev–Trinajstić information content (AvgIpc) is 2.55. The second kappa shape index (κ2) is 6.22. The van der Waals surface area contributed by atoms with E-state index in [0.29, 0.717) is 18.7 Å². The van der Waals surface area contributed by atoms with Crippen LogP contribution in [0.4, 0.5) is 5.69 Å². The SMILES string of the molecule is O=C(CN1CCCCCC1=O)Nc1cccc(O)c1. The number of aromatic hydroxyl groups is 1. The van der Waals surface area contributed by atoms with Crippen LogP contribution in [-0.4, -0.2) is 34.9 Å². The molecule has 2 N–H and O–H groups in total. The number of benzene rings is 1. The van der Waals surface area contributed by atoms with Gasteiger partial charge in [-0.25, -0.2) is 0 Å². The second-order valence-electron chi connectivity index (χ2n) is 4.72. The van der Waals surface area contributed by atoms with Crippen molar-refractivity contribution in [3.8, 4) is 5.75 Å². The molecule has 5 nitrogen and oxygen atoms in total. The van der Waals surface area contributed by atoms with Gasteiger partial charge in [-0.1, -0.05) is 12.5 Å². The summed E-state index contributed by atoms with van der Waals surface area (Å²) < 4.78 is 0. The highest BCUT2D eigenvalue weighted by Crippen LogP contribution is 2.16. The summed E-state index contributed by atoms with van der Waals surface area (Å²) in [5, 5.41) is 12.0. The monoisotopic (exact) mass is 262 g/mol. The van der Waals surface area contributed by atoms with Gasteiger partial charge in [-0.2, -0.15) is 0 Å². The summed E-state index contributed by atoms with van der Waals surface area (Å²) in [5.74, 6) is -0.0898. The van der Waals surface area contributed by atoms with Gasteiger partial charge in [0, 0.05) is 24.7 Å². The fourth-order valence-electron chi connectivity index (χ4n) is 2.16. The van der Waals surface area contributed by atoms with Crippen LogP contribution in [0.25, 0.3) is 0 Å². The highest BCUT2D eigenvalue weighted by atomic mass is 16.3. The molecular formula is C14H18N2O3. The van der Waals surface area contributed by atoms with Crippen LogP contribution in [0.2, 0.25) is 0 Å². The quantitative estimate of drug-likeness (QED) is 0.871. The minimum absolute atomic E-state index is 0.0450. The molecule has 2 amide bonds. The molecule has 1 aromatic carbocycles. The number of likely N-dealkylation sites (tertiary alicyclic amines) is 1. The van der Waals surface area contributed by atoms with Crippen LogP contribution >= 0.6 is 0 Å². The Bertz CT molecular complexity index is 474. The molecule has 1 aliphatic rings. The first kappa shape index (κ1) is 13.4. The Balaban J connectivity index is 1.91. The molecule has 0 bridgehead atoms. The third-order valence-corrected chi connectivity index (χ3v) is 3.14. The van der Waals surface area contributed by atoms with Gasteiger partial charge in [0.1, 0.15) is 5.75 Å². The summed E-state index contributed by atoms with van der Waals surface area (Å²) in [6.45, 7) is 0.723. The Morgan fingerprint density at radius 2 is 2.16 bits per heavy atom. The van der Waals surface area contributed by atoms with Gasteiger partial charge in [0.15, 0.2) is 0 Å². The van der Waals surface area contributed by atoms with Crippen LogP contribution in [0.5, 0.6) is 5.75 Å². The van der Waals surface area contributed by atoms with Crippen LogP contribution in [-0.2, 0) is 9.59 Å². The number of amides is 2.